The highest BCUT2D eigenvalue weighted by molar-refractivity contribution is 5.89. The average Bonchev–Trinajstić information content (AvgIpc) is 3.26. The number of rotatable bonds is 8. The lowest BCUT2D eigenvalue weighted by atomic mass is 9.99. The molecule has 0 N–H and O–H groups in total. The molecule has 0 saturated carbocycles. The first-order valence-corrected chi connectivity index (χ1v) is 11.0. The first-order valence-electron chi connectivity index (χ1n) is 11.0. The summed E-state index contributed by atoms with van der Waals surface area (Å²) >= 11 is 0. The molecule has 34 heavy (non-hydrogen) atoms. The molecule has 7 nitrogen and oxygen atoms in total. The highest BCUT2D eigenvalue weighted by Gasteiger charge is 2.23. The van der Waals surface area contributed by atoms with E-state index in [0.717, 1.165) is 22.4 Å². The Balaban J connectivity index is 1.57. The minimum Gasteiger partial charge on any atom is -0.497 e. The Morgan fingerprint density at radius 1 is 0.853 bits per heavy atom. The van der Waals surface area contributed by atoms with Gasteiger partial charge in [-0.3, -0.25) is 0 Å². The zero-order valence-corrected chi connectivity index (χ0v) is 19.7. The lowest BCUT2D eigenvalue weighted by Crippen LogP contribution is -2.07. The van der Waals surface area contributed by atoms with Gasteiger partial charge in [0.15, 0.2) is 0 Å². The summed E-state index contributed by atoms with van der Waals surface area (Å²) in [4.78, 5) is 12.3. The van der Waals surface area contributed by atoms with Gasteiger partial charge in [-0.25, -0.2) is 9.48 Å². The van der Waals surface area contributed by atoms with Crippen molar-refractivity contribution in [3.05, 3.63) is 89.6 Å². The molecule has 0 bridgehead atoms. The van der Waals surface area contributed by atoms with E-state index in [9.17, 15) is 4.79 Å². The Labute approximate surface area is 198 Å². The molecule has 0 amide bonds. The summed E-state index contributed by atoms with van der Waals surface area (Å²) in [6.07, 6.45) is 0. The lowest BCUT2D eigenvalue weighted by Gasteiger charge is -2.11. The van der Waals surface area contributed by atoms with E-state index in [0.29, 0.717) is 18.2 Å². The van der Waals surface area contributed by atoms with Gasteiger partial charge in [0.25, 0.3) is 5.88 Å². The third-order valence-electron chi connectivity index (χ3n) is 5.54. The Hall–Kier alpha value is -4.13. The van der Waals surface area contributed by atoms with Crippen LogP contribution in [0.1, 0.15) is 41.4 Å². The van der Waals surface area contributed by atoms with Gasteiger partial charge in [-0.15, -0.1) is 5.10 Å². The number of carbonyl (C=O) groups is 1. The standard InChI is InChI=1S/C27H27N3O4/c1-18(2)20-7-9-21(10-8-20)22-11-15-24(16-12-22)34-26-25(27(31)33-4)28-29-30(26)17-19-5-13-23(32-3)14-6-19/h5-16,18H,17H2,1-4H3. The maximum Gasteiger partial charge on any atom is 0.364 e. The molecule has 0 atom stereocenters. The Kier molecular flexibility index (Phi) is 6.92. The van der Waals surface area contributed by atoms with Gasteiger partial charge >= 0.3 is 5.97 Å². The fourth-order valence-electron chi connectivity index (χ4n) is 3.53. The monoisotopic (exact) mass is 457 g/mol. The van der Waals surface area contributed by atoms with Crippen molar-refractivity contribution < 1.29 is 19.0 Å². The summed E-state index contributed by atoms with van der Waals surface area (Å²) in [7, 11) is 2.92. The molecule has 7 heteroatoms. The van der Waals surface area contributed by atoms with Gasteiger partial charge in [-0.1, -0.05) is 67.6 Å². The van der Waals surface area contributed by atoms with Crippen LogP contribution in [0.4, 0.5) is 0 Å². The van der Waals surface area contributed by atoms with Crippen LogP contribution in [0.5, 0.6) is 17.4 Å². The van der Waals surface area contributed by atoms with E-state index in [2.05, 4.69) is 48.4 Å². The smallest absolute Gasteiger partial charge is 0.364 e. The molecule has 0 spiro atoms. The molecule has 4 rings (SSSR count). The quantitative estimate of drug-likeness (QED) is 0.316. The highest BCUT2D eigenvalue weighted by atomic mass is 16.5. The van der Waals surface area contributed by atoms with Crippen LogP contribution in [-0.2, 0) is 11.3 Å². The summed E-state index contributed by atoms with van der Waals surface area (Å²) in [5, 5.41) is 8.11. The van der Waals surface area contributed by atoms with Crippen LogP contribution in [0.2, 0.25) is 0 Å². The molecule has 0 aliphatic heterocycles. The van der Waals surface area contributed by atoms with Crippen LogP contribution in [0.25, 0.3) is 11.1 Å². The number of esters is 1. The van der Waals surface area contributed by atoms with Crippen LogP contribution >= 0.6 is 0 Å². The first-order chi connectivity index (χ1) is 16.5. The normalized spacial score (nSPS) is 10.9. The minimum absolute atomic E-state index is 0.0179. The summed E-state index contributed by atoms with van der Waals surface area (Å²) in [6, 6.07) is 23.8. The van der Waals surface area contributed by atoms with Gasteiger partial charge in [-0.2, -0.15) is 0 Å². The second-order valence-corrected chi connectivity index (χ2v) is 8.14. The Bertz CT molecular complexity index is 1240. The molecule has 0 aliphatic rings. The molecular weight excluding hydrogens is 430 g/mol. The molecule has 174 valence electrons. The lowest BCUT2D eigenvalue weighted by molar-refractivity contribution is 0.0590. The van der Waals surface area contributed by atoms with Crippen LogP contribution < -0.4 is 9.47 Å². The molecule has 0 saturated heterocycles. The third-order valence-corrected chi connectivity index (χ3v) is 5.54. The van der Waals surface area contributed by atoms with Crippen molar-refractivity contribution in [3.8, 4) is 28.5 Å². The largest absolute Gasteiger partial charge is 0.497 e. The predicted octanol–water partition coefficient (Wildman–Crippen LogP) is 5.70. The van der Waals surface area contributed by atoms with Crippen molar-refractivity contribution in [2.24, 2.45) is 0 Å². The number of hydrogen-bond donors (Lipinski definition) is 0. The maximum absolute atomic E-state index is 12.3. The predicted molar refractivity (Wildman–Crippen MR) is 129 cm³/mol. The van der Waals surface area contributed by atoms with Gasteiger partial charge in [0.2, 0.25) is 5.69 Å². The number of hydrogen-bond acceptors (Lipinski definition) is 6. The second-order valence-electron chi connectivity index (χ2n) is 8.14. The average molecular weight is 458 g/mol. The van der Waals surface area contributed by atoms with Gasteiger partial charge in [-0.05, 0) is 52.4 Å². The van der Waals surface area contributed by atoms with Gasteiger partial charge in [0.05, 0.1) is 20.8 Å². The highest BCUT2D eigenvalue weighted by Crippen LogP contribution is 2.29. The first kappa shape index (κ1) is 23.0. The number of nitrogens with zero attached hydrogens (tertiary/aromatic N) is 3. The van der Waals surface area contributed by atoms with Crippen LogP contribution in [-0.4, -0.2) is 35.2 Å². The fourth-order valence-corrected chi connectivity index (χ4v) is 3.53. The molecule has 1 heterocycles. The zero-order chi connectivity index (χ0) is 24.1. The fraction of sp³-hybridized carbons (Fsp3) is 0.222. The molecule has 4 aromatic rings. The zero-order valence-electron chi connectivity index (χ0n) is 19.7. The summed E-state index contributed by atoms with van der Waals surface area (Å²) < 4.78 is 17.7. The molecule has 3 aromatic carbocycles. The molecule has 0 unspecified atom stereocenters. The summed E-state index contributed by atoms with van der Waals surface area (Å²) in [6.45, 7) is 4.72. The molecule has 0 radical (unpaired) electrons. The van der Waals surface area contributed by atoms with E-state index in [1.54, 1.807) is 7.11 Å². The van der Waals surface area contributed by atoms with Crippen molar-refractivity contribution in [1.82, 2.24) is 15.0 Å². The van der Waals surface area contributed by atoms with Gasteiger partial charge in [0.1, 0.15) is 11.5 Å². The SMILES string of the molecule is COC(=O)c1nnn(Cc2ccc(OC)cc2)c1Oc1ccc(-c2ccc(C(C)C)cc2)cc1. The Morgan fingerprint density at radius 2 is 1.44 bits per heavy atom. The second kappa shape index (κ2) is 10.2. The van der Waals surface area contributed by atoms with Crippen LogP contribution in [0.3, 0.4) is 0 Å². The summed E-state index contributed by atoms with van der Waals surface area (Å²) in [5.41, 5.74) is 4.46. The maximum atomic E-state index is 12.3. The van der Waals surface area contributed by atoms with Crippen molar-refractivity contribution in [3.63, 3.8) is 0 Å². The van der Waals surface area contributed by atoms with Crippen molar-refractivity contribution in [1.29, 1.82) is 0 Å². The van der Waals surface area contributed by atoms with Crippen LogP contribution in [0.15, 0.2) is 72.8 Å². The van der Waals surface area contributed by atoms with E-state index < -0.39 is 5.97 Å². The van der Waals surface area contributed by atoms with Crippen LogP contribution in [0, 0.1) is 0 Å². The minimum atomic E-state index is -0.613. The summed E-state index contributed by atoms with van der Waals surface area (Å²) in [5.74, 6) is 1.42. The number of ether oxygens (including phenoxy) is 3. The van der Waals surface area contributed by atoms with Crippen molar-refractivity contribution in [2.45, 2.75) is 26.3 Å². The number of benzene rings is 3. The third kappa shape index (κ3) is 5.09. The number of carbonyl (C=O) groups excluding carboxylic acids is 1. The molecular formula is C27H27N3O4. The molecule has 1 aromatic heterocycles. The van der Waals surface area contributed by atoms with E-state index in [-0.39, 0.29) is 11.6 Å². The van der Waals surface area contributed by atoms with E-state index in [1.807, 2.05) is 48.5 Å². The molecule has 0 aliphatic carbocycles. The Morgan fingerprint density at radius 3 is 2.00 bits per heavy atom. The van der Waals surface area contributed by atoms with E-state index in [4.69, 9.17) is 14.2 Å². The van der Waals surface area contributed by atoms with Crippen molar-refractivity contribution >= 4 is 5.97 Å². The number of aromatic nitrogens is 3. The van der Waals surface area contributed by atoms with Gasteiger partial charge < -0.3 is 14.2 Å². The van der Waals surface area contributed by atoms with Gasteiger partial charge in [0, 0.05) is 0 Å². The molecule has 0 fully saturated rings. The van der Waals surface area contributed by atoms with Crippen molar-refractivity contribution in [2.75, 3.05) is 14.2 Å². The van der Waals surface area contributed by atoms with E-state index >= 15 is 0 Å². The number of methoxy groups -OCH3 is 2. The topological polar surface area (TPSA) is 75.5 Å². The van der Waals surface area contributed by atoms with E-state index in [1.165, 1.54) is 17.4 Å².